The van der Waals surface area contributed by atoms with Crippen molar-refractivity contribution >= 4 is 11.3 Å². The minimum atomic E-state index is 0.0904. The van der Waals surface area contributed by atoms with Gasteiger partial charge in [-0.1, -0.05) is 30.3 Å². The predicted molar refractivity (Wildman–Crippen MR) is 89.5 cm³/mol. The van der Waals surface area contributed by atoms with E-state index < -0.39 is 0 Å². The first-order valence-electron chi connectivity index (χ1n) is 8.05. The van der Waals surface area contributed by atoms with Crippen LogP contribution in [0.4, 0.5) is 5.82 Å². The molecule has 1 saturated heterocycles. The minimum absolute atomic E-state index is 0.0904. The Morgan fingerprint density at radius 2 is 2.17 bits per heavy atom. The lowest BCUT2D eigenvalue weighted by Crippen LogP contribution is -2.25. The highest BCUT2D eigenvalue weighted by Crippen LogP contribution is 2.31. The molecule has 118 valence electrons. The van der Waals surface area contributed by atoms with Crippen molar-refractivity contribution in [2.45, 2.75) is 31.9 Å². The summed E-state index contributed by atoms with van der Waals surface area (Å²) in [5.41, 5.74) is 3.19. The molecular weight excluding hydrogens is 288 g/mol. The zero-order chi connectivity index (χ0) is 15.6. The minimum Gasteiger partial charge on any atom is -0.376 e. The van der Waals surface area contributed by atoms with Gasteiger partial charge < -0.3 is 10.1 Å². The first-order chi connectivity index (χ1) is 11.3. The summed E-state index contributed by atoms with van der Waals surface area (Å²) < 4.78 is 7.81. The van der Waals surface area contributed by atoms with E-state index in [0.717, 1.165) is 36.5 Å². The average Bonchev–Trinajstić information content (AvgIpc) is 3.22. The van der Waals surface area contributed by atoms with Crippen molar-refractivity contribution in [3.63, 3.8) is 0 Å². The summed E-state index contributed by atoms with van der Waals surface area (Å²) in [5, 5.41) is 8.05. The van der Waals surface area contributed by atoms with Gasteiger partial charge in [-0.2, -0.15) is 5.10 Å². The maximum atomic E-state index is 5.95. The van der Waals surface area contributed by atoms with Crippen LogP contribution in [0.3, 0.4) is 0 Å². The maximum Gasteiger partial charge on any atom is 0.152 e. The van der Waals surface area contributed by atoms with Gasteiger partial charge >= 0.3 is 0 Å². The fraction of sp³-hybridized carbons (Fsp3) is 0.333. The summed E-state index contributed by atoms with van der Waals surface area (Å²) in [6.07, 6.45) is 5.99. The van der Waals surface area contributed by atoms with Crippen LogP contribution in [-0.2, 0) is 4.74 Å². The Hall–Kier alpha value is -2.40. The maximum absolute atomic E-state index is 5.95. The van der Waals surface area contributed by atoms with E-state index in [-0.39, 0.29) is 12.1 Å². The normalized spacial score (nSPS) is 19.1. The molecule has 0 saturated carbocycles. The van der Waals surface area contributed by atoms with Gasteiger partial charge in [-0.25, -0.2) is 9.50 Å². The predicted octanol–water partition coefficient (Wildman–Crippen LogP) is 3.37. The molecule has 0 aliphatic carbocycles. The fourth-order valence-electron chi connectivity index (χ4n) is 3.22. The van der Waals surface area contributed by atoms with E-state index in [0.29, 0.717) is 0 Å². The Morgan fingerprint density at radius 1 is 1.30 bits per heavy atom. The second-order valence-corrected chi connectivity index (χ2v) is 5.98. The van der Waals surface area contributed by atoms with Gasteiger partial charge in [-0.3, -0.25) is 0 Å². The van der Waals surface area contributed by atoms with Crippen LogP contribution in [0.1, 0.15) is 30.1 Å². The van der Waals surface area contributed by atoms with Crippen LogP contribution in [-0.4, -0.2) is 27.3 Å². The van der Waals surface area contributed by atoms with Gasteiger partial charge in [0, 0.05) is 19.0 Å². The van der Waals surface area contributed by atoms with Crippen LogP contribution in [0.2, 0.25) is 0 Å². The van der Waals surface area contributed by atoms with E-state index in [2.05, 4.69) is 39.7 Å². The van der Waals surface area contributed by atoms with Crippen LogP contribution in [0, 0.1) is 6.92 Å². The molecule has 3 aromatic rings. The topological polar surface area (TPSA) is 51.5 Å². The van der Waals surface area contributed by atoms with E-state index in [1.807, 2.05) is 29.8 Å². The number of rotatable bonds is 4. The Labute approximate surface area is 135 Å². The second kappa shape index (κ2) is 6.01. The van der Waals surface area contributed by atoms with Crippen molar-refractivity contribution < 1.29 is 4.74 Å². The highest BCUT2D eigenvalue weighted by atomic mass is 16.5. The number of hydrogen-bond donors (Lipinski definition) is 1. The third kappa shape index (κ3) is 2.80. The molecule has 2 aromatic heterocycles. The van der Waals surface area contributed by atoms with Gasteiger partial charge in [-0.15, -0.1) is 0 Å². The third-order valence-electron chi connectivity index (χ3n) is 4.30. The van der Waals surface area contributed by atoms with Gasteiger partial charge in [0.1, 0.15) is 5.52 Å². The van der Waals surface area contributed by atoms with Gasteiger partial charge in [0.25, 0.3) is 0 Å². The molecule has 0 bridgehead atoms. The van der Waals surface area contributed by atoms with E-state index in [4.69, 9.17) is 4.74 Å². The smallest absolute Gasteiger partial charge is 0.152 e. The Balaban J connectivity index is 1.71. The average molecular weight is 308 g/mol. The molecule has 0 unspecified atom stereocenters. The van der Waals surface area contributed by atoms with Gasteiger partial charge in [0.05, 0.1) is 17.8 Å². The summed E-state index contributed by atoms with van der Waals surface area (Å²) >= 11 is 0. The molecule has 3 heterocycles. The number of fused-ring (bicyclic) bond motifs is 1. The number of nitrogens with one attached hydrogen (secondary N) is 1. The molecule has 0 amide bonds. The second-order valence-electron chi connectivity index (χ2n) is 5.98. The molecule has 1 N–H and O–H groups in total. The summed E-state index contributed by atoms with van der Waals surface area (Å²) in [6, 6.07) is 12.6. The van der Waals surface area contributed by atoms with Crippen molar-refractivity contribution in [2.24, 2.45) is 0 Å². The first-order valence-corrected chi connectivity index (χ1v) is 8.05. The lowest BCUT2D eigenvalue weighted by molar-refractivity contribution is 0.0953. The lowest BCUT2D eigenvalue weighted by atomic mass is 9.99. The van der Waals surface area contributed by atoms with Crippen molar-refractivity contribution in [1.29, 1.82) is 0 Å². The van der Waals surface area contributed by atoms with E-state index >= 15 is 0 Å². The zero-order valence-electron chi connectivity index (χ0n) is 13.1. The van der Waals surface area contributed by atoms with Gasteiger partial charge in [0.15, 0.2) is 5.82 Å². The number of benzene rings is 1. The van der Waals surface area contributed by atoms with Crippen molar-refractivity contribution in [2.75, 3.05) is 11.9 Å². The summed E-state index contributed by atoms with van der Waals surface area (Å²) in [4.78, 5) is 4.53. The number of aromatic nitrogens is 3. The number of nitrogens with zero attached hydrogens (tertiary/aromatic N) is 3. The molecule has 1 fully saturated rings. The molecule has 1 aromatic carbocycles. The van der Waals surface area contributed by atoms with E-state index in [1.54, 1.807) is 6.20 Å². The summed E-state index contributed by atoms with van der Waals surface area (Å²) in [7, 11) is 0. The highest BCUT2D eigenvalue weighted by molar-refractivity contribution is 5.68. The van der Waals surface area contributed by atoms with Crippen molar-refractivity contribution in [3.8, 4) is 0 Å². The van der Waals surface area contributed by atoms with Crippen molar-refractivity contribution in [3.05, 3.63) is 60.0 Å². The molecule has 5 nitrogen and oxygen atoms in total. The lowest BCUT2D eigenvalue weighted by Gasteiger charge is -2.25. The quantitative estimate of drug-likeness (QED) is 0.803. The van der Waals surface area contributed by atoms with Gasteiger partial charge in [-0.05, 0) is 31.4 Å². The summed E-state index contributed by atoms with van der Waals surface area (Å²) in [6.45, 7) is 2.82. The largest absolute Gasteiger partial charge is 0.376 e. The molecule has 4 rings (SSSR count). The standard InChI is InChI=1S/C18H20N4O/c1-13-12-15-18(19-9-10-22(15)21-13)20-17(16-8-5-11-23-16)14-6-3-2-4-7-14/h2-4,6-7,9-10,12,16-17H,5,8,11H2,1H3,(H,19,20)/t16-,17-/m0/s1. The molecule has 23 heavy (non-hydrogen) atoms. The fourth-order valence-corrected chi connectivity index (χ4v) is 3.22. The molecule has 0 spiro atoms. The third-order valence-corrected chi connectivity index (χ3v) is 4.30. The number of hydrogen-bond acceptors (Lipinski definition) is 4. The number of aryl methyl sites for hydroxylation is 1. The monoisotopic (exact) mass is 308 g/mol. The molecule has 5 heteroatoms. The molecule has 1 aliphatic rings. The van der Waals surface area contributed by atoms with Crippen LogP contribution in [0.5, 0.6) is 0 Å². The molecule has 1 aliphatic heterocycles. The number of anilines is 1. The van der Waals surface area contributed by atoms with Crippen LogP contribution in [0.25, 0.3) is 5.52 Å². The van der Waals surface area contributed by atoms with Crippen LogP contribution < -0.4 is 5.32 Å². The molecular formula is C18H20N4O. The van der Waals surface area contributed by atoms with E-state index in [1.165, 1.54) is 5.56 Å². The Kier molecular flexibility index (Phi) is 3.71. The molecule has 2 atom stereocenters. The van der Waals surface area contributed by atoms with Crippen LogP contribution >= 0.6 is 0 Å². The molecule has 0 radical (unpaired) electrons. The van der Waals surface area contributed by atoms with E-state index in [9.17, 15) is 0 Å². The first kappa shape index (κ1) is 14.2. The Morgan fingerprint density at radius 3 is 2.96 bits per heavy atom. The van der Waals surface area contributed by atoms with Crippen LogP contribution in [0.15, 0.2) is 48.8 Å². The van der Waals surface area contributed by atoms with Gasteiger partial charge in [0.2, 0.25) is 0 Å². The number of ether oxygens (including phenoxy) is 1. The van der Waals surface area contributed by atoms with Crippen molar-refractivity contribution in [1.82, 2.24) is 14.6 Å². The summed E-state index contributed by atoms with van der Waals surface area (Å²) in [5.74, 6) is 0.845. The SMILES string of the molecule is Cc1cc2c(N[C@@H](c3ccccc3)[C@@H]3CCCO3)nccn2n1. The highest BCUT2D eigenvalue weighted by Gasteiger charge is 2.28. The zero-order valence-corrected chi connectivity index (χ0v) is 13.1. The Bertz CT molecular complexity index is 793.